The molecule has 130 valence electrons. The second-order valence-corrected chi connectivity index (χ2v) is 6.90. The number of carbonyl (C=O) groups is 2. The average Bonchev–Trinajstić information content (AvgIpc) is 3.19. The molecule has 1 saturated carbocycles. The molecule has 0 radical (unpaired) electrons. The molecule has 1 spiro atoms. The minimum absolute atomic E-state index is 0.0320. The Balaban J connectivity index is 1.65. The zero-order valence-electron chi connectivity index (χ0n) is 14.2. The molecule has 1 atom stereocenters. The normalized spacial score (nSPS) is 21.5. The van der Waals surface area contributed by atoms with Crippen molar-refractivity contribution in [2.24, 2.45) is 11.3 Å². The summed E-state index contributed by atoms with van der Waals surface area (Å²) in [6, 6.07) is 0. The maximum Gasteiger partial charge on any atom is 0.246 e. The Kier molecular flexibility index (Phi) is 4.69. The number of aromatic nitrogens is 3. The Labute approximate surface area is 142 Å². The highest BCUT2D eigenvalue weighted by atomic mass is 16.2. The van der Waals surface area contributed by atoms with E-state index in [1.54, 1.807) is 12.7 Å². The van der Waals surface area contributed by atoms with E-state index >= 15 is 0 Å². The molecule has 2 amide bonds. The predicted octanol–water partition coefficient (Wildman–Crippen LogP) is 0.941. The third-order valence-electron chi connectivity index (χ3n) is 5.61. The maximum atomic E-state index is 12.7. The molecule has 7 nitrogen and oxygen atoms in total. The van der Waals surface area contributed by atoms with Crippen LogP contribution in [0.3, 0.4) is 0 Å². The summed E-state index contributed by atoms with van der Waals surface area (Å²) < 4.78 is 2.00. The van der Waals surface area contributed by atoms with E-state index in [0.29, 0.717) is 12.5 Å². The predicted molar refractivity (Wildman–Crippen MR) is 88.8 cm³/mol. The molecule has 2 heterocycles. The Hall–Kier alpha value is -2.18. The van der Waals surface area contributed by atoms with Crippen LogP contribution in [0.5, 0.6) is 0 Å². The molecular weight excluding hydrogens is 306 g/mol. The van der Waals surface area contributed by atoms with E-state index in [4.69, 9.17) is 0 Å². The van der Waals surface area contributed by atoms with Gasteiger partial charge in [0.2, 0.25) is 11.8 Å². The van der Waals surface area contributed by atoms with Crippen LogP contribution < -0.4 is 0 Å². The zero-order valence-corrected chi connectivity index (χ0v) is 14.2. The van der Waals surface area contributed by atoms with Gasteiger partial charge in [0.05, 0.1) is 6.54 Å². The molecule has 2 aliphatic rings. The van der Waals surface area contributed by atoms with E-state index in [1.165, 1.54) is 30.2 Å². The Morgan fingerprint density at radius 2 is 2.08 bits per heavy atom. The molecule has 1 aromatic rings. The van der Waals surface area contributed by atoms with Gasteiger partial charge in [0.15, 0.2) is 0 Å². The molecule has 3 rings (SSSR count). The first-order valence-electron chi connectivity index (χ1n) is 8.59. The molecular formula is C17H25N5O2. The molecule has 1 aliphatic heterocycles. The summed E-state index contributed by atoms with van der Waals surface area (Å²) >= 11 is 0. The second-order valence-electron chi connectivity index (χ2n) is 6.90. The van der Waals surface area contributed by atoms with Crippen LogP contribution in [0.2, 0.25) is 0 Å². The van der Waals surface area contributed by atoms with Gasteiger partial charge in [-0.2, -0.15) is 0 Å². The first-order valence-corrected chi connectivity index (χ1v) is 8.59. The smallest absolute Gasteiger partial charge is 0.246 e. The van der Waals surface area contributed by atoms with Gasteiger partial charge in [0.25, 0.3) is 0 Å². The van der Waals surface area contributed by atoms with Gasteiger partial charge in [0.1, 0.15) is 12.7 Å². The van der Waals surface area contributed by atoms with Crippen molar-refractivity contribution in [2.75, 3.05) is 26.2 Å². The summed E-state index contributed by atoms with van der Waals surface area (Å²) in [6.45, 7) is 8.43. The highest BCUT2D eigenvalue weighted by molar-refractivity contribution is 5.91. The number of rotatable bonds is 6. The van der Waals surface area contributed by atoms with Crippen molar-refractivity contribution in [3.05, 3.63) is 25.3 Å². The highest BCUT2D eigenvalue weighted by Gasteiger charge is 2.51. The van der Waals surface area contributed by atoms with Crippen LogP contribution in [0, 0.1) is 11.3 Å². The molecule has 0 N–H and O–H groups in total. The van der Waals surface area contributed by atoms with Crippen molar-refractivity contribution in [3.8, 4) is 0 Å². The number of likely N-dealkylation sites (N-methyl/N-ethyl adjacent to an activating group) is 1. The van der Waals surface area contributed by atoms with Gasteiger partial charge in [0, 0.05) is 32.1 Å². The number of likely N-dealkylation sites (tertiary alicyclic amines) is 1. The number of nitrogens with zero attached hydrogens (tertiary/aromatic N) is 5. The van der Waals surface area contributed by atoms with Crippen molar-refractivity contribution in [1.29, 1.82) is 0 Å². The van der Waals surface area contributed by atoms with Crippen LogP contribution in [-0.2, 0) is 16.1 Å². The van der Waals surface area contributed by atoms with Gasteiger partial charge in [-0.3, -0.25) is 9.59 Å². The van der Waals surface area contributed by atoms with Crippen molar-refractivity contribution in [1.82, 2.24) is 24.6 Å². The lowest BCUT2D eigenvalue weighted by molar-refractivity contribution is -0.137. The SMILES string of the molecule is C=CC(=O)N(CC)CC(=O)N1CC(Cn2cnnc2)C2(CCC2)C1. The quantitative estimate of drug-likeness (QED) is 0.728. The Morgan fingerprint density at radius 3 is 2.62 bits per heavy atom. The molecule has 2 fully saturated rings. The lowest BCUT2D eigenvalue weighted by Crippen LogP contribution is -2.43. The maximum absolute atomic E-state index is 12.7. The standard InChI is InChI=1S/C17H25N5O2/c1-3-15(23)21(4-2)10-16(24)22-9-14(8-20-12-18-19-13-20)17(11-22)6-5-7-17/h3,12-14H,1,4-11H2,2H3. The fourth-order valence-electron chi connectivity index (χ4n) is 3.98. The lowest BCUT2D eigenvalue weighted by Gasteiger charge is -2.42. The summed E-state index contributed by atoms with van der Waals surface area (Å²) in [4.78, 5) is 27.9. The van der Waals surface area contributed by atoms with Crippen molar-refractivity contribution >= 4 is 11.8 Å². The van der Waals surface area contributed by atoms with Crippen LogP contribution >= 0.6 is 0 Å². The third-order valence-corrected chi connectivity index (χ3v) is 5.61. The van der Waals surface area contributed by atoms with E-state index < -0.39 is 0 Å². The first kappa shape index (κ1) is 16.7. The largest absolute Gasteiger partial charge is 0.340 e. The fourth-order valence-corrected chi connectivity index (χ4v) is 3.98. The van der Waals surface area contributed by atoms with Gasteiger partial charge in [-0.05, 0) is 31.3 Å². The molecule has 1 saturated heterocycles. The Bertz CT molecular complexity index is 609. The van der Waals surface area contributed by atoms with Gasteiger partial charge in [-0.1, -0.05) is 13.0 Å². The van der Waals surface area contributed by atoms with Gasteiger partial charge < -0.3 is 14.4 Å². The van der Waals surface area contributed by atoms with Crippen molar-refractivity contribution in [3.63, 3.8) is 0 Å². The first-order chi connectivity index (χ1) is 11.6. The lowest BCUT2D eigenvalue weighted by atomic mass is 9.63. The number of hydrogen-bond acceptors (Lipinski definition) is 4. The molecule has 1 unspecified atom stereocenters. The van der Waals surface area contributed by atoms with Crippen molar-refractivity contribution < 1.29 is 9.59 Å². The monoisotopic (exact) mass is 331 g/mol. The summed E-state index contributed by atoms with van der Waals surface area (Å²) in [5.41, 5.74) is 0.236. The van der Waals surface area contributed by atoms with Crippen LogP contribution in [0.15, 0.2) is 25.3 Å². The molecule has 1 aliphatic carbocycles. The van der Waals surface area contributed by atoms with Crippen LogP contribution in [0.4, 0.5) is 0 Å². The topological polar surface area (TPSA) is 71.3 Å². The molecule has 24 heavy (non-hydrogen) atoms. The highest BCUT2D eigenvalue weighted by Crippen LogP contribution is 2.52. The zero-order chi connectivity index (χ0) is 17.2. The number of carbonyl (C=O) groups excluding carboxylic acids is 2. The minimum atomic E-state index is -0.190. The fraction of sp³-hybridized carbons (Fsp3) is 0.647. The van der Waals surface area contributed by atoms with E-state index in [-0.39, 0.29) is 23.8 Å². The van der Waals surface area contributed by atoms with Gasteiger partial charge in [-0.15, -0.1) is 10.2 Å². The van der Waals surface area contributed by atoms with Crippen LogP contribution in [-0.4, -0.2) is 62.6 Å². The van der Waals surface area contributed by atoms with E-state index in [1.807, 2.05) is 16.4 Å². The van der Waals surface area contributed by atoms with E-state index in [9.17, 15) is 9.59 Å². The Morgan fingerprint density at radius 1 is 1.38 bits per heavy atom. The minimum Gasteiger partial charge on any atom is -0.340 e. The summed E-state index contributed by atoms with van der Waals surface area (Å²) in [7, 11) is 0. The molecule has 0 aromatic carbocycles. The summed E-state index contributed by atoms with van der Waals surface area (Å²) in [6.07, 6.45) is 8.32. The third kappa shape index (κ3) is 3.07. The van der Waals surface area contributed by atoms with Gasteiger partial charge in [-0.25, -0.2) is 0 Å². The molecule has 1 aromatic heterocycles. The van der Waals surface area contributed by atoms with Crippen molar-refractivity contribution in [2.45, 2.75) is 32.7 Å². The van der Waals surface area contributed by atoms with E-state index in [2.05, 4.69) is 16.8 Å². The summed E-state index contributed by atoms with van der Waals surface area (Å²) in [5.74, 6) is 0.269. The summed E-state index contributed by atoms with van der Waals surface area (Å²) in [5, 5.41) is 7.74. The average molecular weight is 331 g/mol. The molecule has 0 bridgehead atoms. The van der Waals surface area contributed by atoms with E-state index in [0.717, 1.165) is 19.6 Å². The second kappa shape index (κ2) is 6.75. The van der Waals surface area contributed by atoms with Crippen LogP contribution in [0.1, 0.15) is 26.2 Å². The molecule has 7 heteroatoms. The number of hydrogen-bond donors (Lipinski definition) is 0. The number of amides is 2. The van der Waals surface area contributed by atoms with Crippen LogP contribution in [0.25, 0.3) is 0 Å². The van der Waals surface area contributed by atoms with Gasteiger partial charge >= 0.3 is 0 Å².